The first kappa shape index (κ1) is 18.1. The summed E-state index contributed by atoms with van der Waals surface area (Å²) in [5, 5.41) is 39.5. The number of nitriles is 3. The summed E-state index contributed by atoms with van der Waals surface area (Å²) in [5.41, 5.74) is -3.31. The molecule has 2 saturated heterocycles. The van der Waals surface area contributed by atoms with Crippen LogP contribution in [0, 0.1) is 56.2 Å². The molecule has 1 aliphatic carbocycles. The molecule has 3 fully saturated rings. The van der Waals surface area contributed by atoms with E-state index >= 15 is 0 Å². The molecule has 136 valence electrons. The lowest BCUT2D eigenvalue weighted by atomic mass is 9.51. The number of ether oxygens (including phenoxy) is 2. The molecule has 1 aromatic rings. The molecular formula is C19H14Cl2N4O2. The van der Waals surface area contributed by atoms with E-state index in [4.69, 9.17) is 38.1 Å². The summed E-state index contributed by atoms with van der Waals surface area (Å²) in [5.74, 6) is -2.12. The van der Waals surface area contributed by atoms with Gasteiger partial charge in [-0.25, -0.2) is 0 Å². The SMILES string of the molecule is N#CC1(C#N)[C@H](c2ccc(Cl)cc2Cl)O[C@@]23CCCC[C@H]2[C@]1(C#N)C(=N)O3. The lowest BCUT2D eigenvalue weighted by Crippen LogP contribution is -2.60. The Hall–Kier alpha value is -2.30. The number of halogens is 2. The van der Waals surface area contributed by atoms with Crippen LogP contribution in [0.15, 0.2) is 18.2 Å². The molecule has 1 saturated carbocycles. The van der Waals surface area contributed by atoms with Crippen LogP contribution in [-0.4, -0.2) is 11.7 Å². The zero-order valence-corrected chi connectivity index (χ0v) is 15.6. The molecule has 1 aromatic carbocycles. The van der Waals surface area contributed by atoms with E-state index in [1.807, 2.05) is 12.1 Å². The summed E-state index contributed by atoms with van der Waals surface area (Å²) in [6.45, 7) is 0. The van der Waals surface area contributed by atoms with Crippen molar-refractivity contribution in [1.82, 2.24) is 0 Å². The third-order valence-electron chi connectivity index (χ3n) is 6.06. The highest BCUT2D eigenvalue weighted by atomic mass is 35.5. The van der Waals surface area contributed by atoms with Crippen LogP contribution in [0.1, 0.15) is 37.4 Å². The van der Waals surface area contributed by atoms with E-state index in [9.17, 15) is 15.8 Å². The van der Waals surface area contributed by atoms with Crippen molar-refractivity contribution in [3.05, 3.63) is 33.8 Å². The maximum atomic E-state index is 10.2. The number of rotatable bonds is 1. The number of benzene rings is 1. The van der Waals surface area contributed by atoms with Gasteiger partial charge in [0.2, 0.25) is 17.1 Å². The van der Waals surface area contributed by atoms with Gasteiger partial charge < -0.3 is 9.47 Å². The molecule has 2 aliphatic heterocycles. The number of nitrogens with one attached hydrogen (secondary N) is 1. The predicted molar refractivity (Wildman–Crippen MR) is 95.5 cm³/mol. The van der Waals surface area contributed by atoms with E-state index in [0.717, 1.165) is 12.8 Å². The first-order valence-electron chi connectivity index (χ1n) is 8.55. The highest BCUT2D eigenvalue weighted by molar-refractivity contribution is 6.35. The van der Waals surface area contributed by atoms with Crippen molar-refractivity contribution in [2.75, 3.05) is 0 Å². The highest BCUT2D eigenvalue weighted by Crippen LogP contribution is 2.69. The molecule has 0 unspecified atom stereocenters. The molecule has 3 aliphatic rings. The van der Waals surface area contributed by atoms with Crippen LogP contribution in [0.2, 0.25) is 10.0 Å². The Morgan fingerprint density at radius 3 is 2.48 bits per heavy atom. The van der Waals surface area contributed by atoms with Gasteiger partial charge in [0.15, 0.2) is 5.41 Å². The zero-order valence-electron chi connectivity index (χ0n) is 14.1. The Bertz CT molecular complexity index is 961. The summed E-state index contributed by atoms with van der Waals surface area (Å²) in [6.07, 6.45) is 1.50. The van der Waals surface area contributed by atoms with E-state index in [1.165, 1.54) is 6.07 Å². The summed E-state index contributed by atoms with van der Waals surface area (Å²) in [7, 11) is 0. The van der Waals surface area contributed by atoms with Crippen LogP contribution in [0.4, 0.5) is 0 Å². The van der Waals surface area contributed by atoms with Crippen LogP contribution in [0.25, 0.3) is 0 Å². The molecule has 4 rings (SSSR count). The van der Waals surface area contributed by atoms with Gasteiger partial charge >= 0.3 is 0 Å². The normalized spacial score (nSPS) is 35.9. The van der Waals surface area contributed by atoms with Crippen LogP contribution in [0.5, 0.6) is 0 Å². The maximum Gasteiger partial charge on any atom is 0.217 e. The van der Waals surface area contributed by atoms with Crippen molar-refractivity contribution >= 4 is 29.1 Å². The molecule has 4 atom stereocenters. The Labute approximate surface area is 166 Å². The number of hydrogen-bond acceptors (Lipinski definition) is 6. The Balaban J connectivity index is 2.02. The Morgan fingerprint density at radius 1 is 1.11 bits per heavy atom. The van der Waals surface area contributed by atoms with Gasteiger partial charge in [-0.1, -0.05) is 35.7 Å². The third kappa shape index (κ3) is 2.00. The van der Waals surface area contributed by atoms with Gasteiger partial charge in [0.05, 0.1) is 24.1 Å². The van der Waals surface area contributed by atoms with Crippen molar-refractivity contribution in [1.29, 1.82) is 21.2 Å². The quantitative estimate of drug-likeness (QED) is 0.744. The largest absolute Gasteiger partial charge is 0.447 e. The molecule has 0 aromatic heterocycles. The Morgan fingerprint density at radius 2 is 1.85 bits per heavy atom. The van der Waals surface area contributed by atoms with Gasteiger partial charge in [-0.05, 0) is 25.0 Å². The summed E-state index contributed by atoms with van der Waals surface area (Å²) in [6, 6.07) is 10.8. The van der Waals surface area contributed by atoms with E-state index in [0.29, 0.717) is 23.4 Å². The molecule has 0 amide bonds. The third-order valence-corrected chi connectivity index (χ3v) is 6.62. The average Bonchev–Trinajstić information content (AvgIpc) is 2.87. The second kappa shape index (κ2) is 5.85. The standard InChI is InChI=1S/C19H14Cl2N4O2/c20-11-4-5-12(13(21)7-11)15-17(8-22,9-23)18(10-24)14-3-1-2-6-19(14,26-15)27-16(18)25/h4-5,7,14-15,25H,1-3,6H2/t14-,15-,18+,19+/m0/s1. The molecule has 2 bridgehead atoms. The lowest BCUT2D eigenvalue weighted by Gasteiger charge is -2.51. The first-order chi connectivity index (χ1) is 12.9. The summed E-state index contributed by atoms with van der Waals surface area (Å²) < 4.78 is 12.1. The van der Waals surface area contributed by atoms with Crippen LogP contribution in [-0.2, 0) is 9.47 Å². The van der Waals surface area contributed by atoms with Crippen LogP contribution in [0.3, 0.4) is 0 Å². The van der Waals surface area contributed by atoms with Crippen LogP contribution >= 0.6 is 23.2 Å². The molecule has 6 nitrogen and oxygen atoms in total. The minimum absolute atomic E-state index is 0.229. The molecule has 0 radical (unpaired) electrons. The monoisotopic (exact) mass is 400 g/mol. The van der Waals surface area contributed by atoms with E-state index in [-0.39, 0.29) is 10.9 Å². The van der Waals surface area contributed by atoms with E-state index < -0.39 is 28.6 Å². The fourth-order valence-corrected chi connectivity index (χ4v) is 5.36. The summed E-state index contributed by atoms with van der Waals surface area (Å²) >= 11 is 12.3. The van der Waals surface area contributed by atoms with E-state index in [2.05, 4.69) is 6.07 Å². The second-order valence-electron chi connectivity index (χ2n) is 7.16. The van der Waals surface area contributed by atoms with Crippen molar-refractivity contribution in [3.8, 4) is 18.2 Å². The number of nitrogens with zero attached hydrogens (tertiary/aromatic N) is 3. The molecule has 0 spiro atoms. The predicted octanol–water partition coefficient (Wildman–Crippen LogP) is 4.50. The molecule has 1 N–H and O–H groups in total. The number of hydrogen-bond donors (Lipinski definition) is 1. The van der Waals surface area contributed by atoms with Gasteiger partial charge in [0.25, 0.3) is 0 Å². The average molecular weight is 401 g/mol. The van der Waals surface area contributed by atoms with Crippen molar-refractivity contribution in [3.63, 3.8) is 0 Å². The lowest BCUT2D eigenvalue weighted by molar-refractivity contribution is -0.294. The molecular weight excluding hydrogens is 387 g/mol. The van der Waals surface area contributed by atoms with E-state index in [1.54, 1.807) is 12.1 Å². The van der Waals surface area contributed by atoms with Crippen molar-refractivity contribution < 1.29 is 9.47 Å². The van der Waals surface area contributed by atoms with Crippen molar-refractivity contribution in [2.45, 2.75) is 37.6 Å². The molecule has 8 heteroatoms. The Kier molecular flexibility index (Phi) is 3.92. The van der Waals surface area contributed by atoms with Crippen LogP contribution < -0.4 is 0 Å². The minimum atomic E-state index is -1.97. The molecule has 27 heavy (non-hydrogen) atoms. The zero-order chi connectivity index (χ0) is 19.4. The minimum Gasteiger partial charge on any atom is -0.447 e. The fourth-order valence-electron chi connectivity index (χ4n) is 4.85. The van der Waals surface area contributed by atoms with Gasteiger partial charge in [0.1, 0.15) is 6.10 Å². The highest BCUT2D eigenvalue weighted by Gasteiger charge is 2.80. The van der Waals surface area contributed by atoms with Gasteiger partial charge in [-0.2, -0.15) is 15.8 Å². The first-order valence-corrected chi connectivity index (χ1v) is 9.31. The smallest absolute Gasteiger partial charge is 0.217 e. The van der Waals surface area contributed by atoms with Gasteiger partial charge in [-0.15, -0.1) is 0 Å². The summed E-state index contributed by atoms with van der Waals surface area (Å²) in [4.78, 5) is 0. The maximum absolute atomic E-state index is 10.2. The fraction of sp³-hybridized carbons (Fsp3) is 0.474. The van der Waals surface area contributed by atoms with Gasteiger partial charge in [-0.3, -0.25) is 5.41 Å². The topological polar surface area (TPSA) is 114 Å². The molecule has 2 heterocycles. The van der Waals surface area contributed by atoms with Gasteiger partial charge in [0, 0.05) is 22.0 Å². The van der Waals surface area contributed by atoms with Crippen molar-refractivity contribution in [2.24, 2.45) is 16.7 Å². The second-order valence-corrected chi connectivity index (χ2v) is 8.00.